The Labute approximate surface area is 128 Å². The third kappa shape index (κ3) is 2.58. The minimum absolute atomic E-state index is 0.726. The van der Waals surface area contributed by atoms with Crippen molar-refractivity contribution in [3.05, 3.63) is 82.8 Å². The summed E-state index contributed by atoms with van der Waals surface area (Å²) in [6, 6.07) is 24.8. The molecular formula is C18H11Cl2. The molecule has 0 aliphatic heterocycles. The van der Waals surface area contributed by atoms with Gasteiger partial charge in [-0.25, -0.2) is 0 Å². The second-order valence-electron chi connectivity index (χ2n) is 4.45. The molecular weight excluding hydrogens is 287 g/mol. The van der Waals surface area contributed by atoms with Gasteiger partial charge in [0.15, 0.2) is 0 Å². The van der Waals surface area contributed by atoms with Crippen LogP contribution in [0, 0.1) is 6.07 Å². The van der Waals surface area contributed by atoms with Crippen LogP contribution in [-0.2, 0) is 0 Å². The van der Waals surface area contributed by atoms with Crippen LogP contribution in [0.2, 0.25) is 10.0 Å². The molecule has 0 N–H and O–H groups in total. The molecule has 3 rings (SSSR count). The summed E-state index contributed by atoms with van der Waals surface area (Å²) in [5.41, 5.74) is 4.18. The lowest BCUT2D eigenvalue weighted by Gasteiger charge is -2.11. The van der Waals surface area contributed by atoms with Crippen molar-refractivity contribution in [2.45, 2.75) is 0 Å². The first-order valence-electron chi connectivity index (χ1n) is 6.27. The number of halogens is 2. The summed E-state index contributed by atoms with van der Waals surface area (Å²) in [4.78, 5) is 0. The molecule has 0 aromatic heterocycles. The van der Waals surface area contributed by atoms with Crippen LogP contribution in [0.15, 0.2) is 66.7 Å². The Balaban J connectivity index is 2.19. The van der Waals surface area contributed by atoms with Crippen molar-refractivity contribution < 1.29 is 0 Å². The van der Waals surface area contributed by atoms with Crippen LogP contribution in [0.25, 0.3) is 22.3 Å². The highest BCUT2D eigenvalue weighted by Crippen LogP contribution is 2.35. The van der Waals surface area contributed by atoms with Gasteiger partial charge in [0.25, 0.3) is 0 Å². The molecule has 0 aliphatic carbocycles. The summed E-state index contributed by atoms with van der Waals surface area (Å²) in [5.74, 6) is 0. The molecule has 97 valence electrons. The van der Waals surface area contributed by atoms with Crippen molar-refractivity contribution in [3.63, 3.8) is 0 Å². The molecule has 3 aromatic rings. The molecule has 0 aliphatic rings. The van der Waals surface area contributed by atoms with E-state index in [2.05, 4.69) is 12.1 Å². The maximum atomic E-state index is 6.31. The highest BCUT2D eigenvalue weighted by Gasteiger charge is 2.09. The molecule has 2 heteroatoms. The van der Waals surface area contributed by atoms with Gasteiger partial charge in [-0.05, 0) is 41.0 Å². The van der Waals surface area contributed by atoms with E-state index in [0.29, 0.717) is 0 Å². The molecule has 0 nitrogen and oxygen atoms in total. The van der Waals surface area contributed by atoms with E-state index < -0.39 is 0 Å². The number of hydrogen-bond donors (Lipinski definition) is 0. The fourth-order valence-corrected chi connectivity index (χ4v) is 2.56. The standard InChI is InChI=1S/C18H11Cl2/c19-14-11-9-13(10-12-14)15-5-1-2-6-16(15)17-7-3-4-8-18(17)20/h1-4,6-12H. The SMILES string of the molecule is Clc1ccc(-c2[c]cccc2-c2ccccc2Cl)cc1. The Kier molecular flexibility index (Phi) is 3.77. The molecule has 0 spiro atoms. The Bertz CT molecular complexity index is 730. The third-order valence-electron chi connectivity index (χ3n) is 3.15. The first kappa shape index (κ1) is 13.2. The summed E-state index contributed by atoms with van der Waals surface area (Å²) >= 11 is 12.3. The van der Waals surface area contributed by atoms with Crippen LogP contribution in [-0.4, -0.2) is 0 Å². The molecule has 1 radical (unpaired) electrons. The second kappa shape index (κ2) is 5.70. The predicted molar refractivity (Wildman–Crippen MR) is 86.2 cm³/mol. The van der Waals surface area contributed by atoms with Crippen LogP contribution in [0.1, 0.15) is 0 Å². The van der Waals surface area contributed by atoms with Gasteiger partial charge in [-0.2, -0.15) is 0 Å². The van der Waals surface area contributed by atoms with Crippen LogP contribution < -0.4 is 0 Å². The molecule has 3 aromatic carbocycles. The van der Waals surface area contributed by atoms with Crippen molar-refractivity contribution in [3.8, 4) is 22.3 Å². The molecule has 0 amide bonds. The van der Waals surface area contributed by atoms with Crippen molar-refractivity contribution >= 4 is 23.2 Å². The van der Waals surface area contributed by atoms with Gasteiger partial charge < -0.3 is 0 Å². The number of benzene rings is 3. The maximum Gasteiger partial charge on any atom is 0.0484 e. The van der Waals surface area contributed by atoms with Crippen molar-refractivity contribution in [1.82, 2.24) is 0 Å². The molecule has 0 bridgehead atoms. The molecule has 0 fully saturated rings. The topological polar surface area (TPSA) is 0 Å². The van der Waals surface area contributed by atoms with Crippen LogP contribution in [0.3, 0.4) is 0 Å². The Hall–Kier alpha value is -1.76. The quantitative estimate of drug-likeness (QED) is 0.534. The van der Waals surface area contributed by atoms with Gasteiger partial charge in [0.1, 0.15) is 0 Å². The first-order valence-corrected chi connectivity index (χ1v) is 7.03. The Morgan fingerprint density at radius 3 is 2.15 bits per heavy atom. The lowest BCUT2D eigenvalue weighted by Crippen LogP contribution is -1.86. The highest BCUT2D eigenvalue weighted by molar-refractivity contribution is 6.33. The zero-order valence-electron chi connectivity index (χ0n) is 10.6. The first-order chi connectivity index (χ1) is 9.75. The van der Waals surface area contributed by atoms with Gasteiger partial charge in [-0.15, -0.1) is 0 Å². The van der Waals surface area contributed by atoms with E-state index in [4.69, 9.17) is 23.2 Å². The average molecular weight is 298 g/mol. The highest BCUT2D eigenvalue weighted by atomic mass is 35.5. The molecule has 0 atom stereocenters. The molecule has 0 unspecified atom stereocenters. The average Bonchev–Trinajstić information content (AvgIpc) is 2.49. The monoisotopic (exact) mass is 297 g/mol. The molecule has 0 saturated heterocycles. The fourth-order valence-electron chi connectivity index (χ4n) is 2.20. The van der Waals surface area contributed by atoms with Gasteiger partial charge in [0.05, 0.1) is 0 Å². The summed E-state index contributed by atoms with van der Waals surface area (Å²) in [6.07, 6.45) is 0. The van der Waals surface area contributed by atoms with E-state index in [1.807, 2.05) is 60.7 Å². The summed E-state index contributed by atoms with van der Waals surface area (Å²) in [5, 5.41) is 1.46. The van der Waals surface area contributed by atoms with E-state index >= 15 is 0 Å². The van der Waals surface area contributed by atoms with Crippen molar-refractivity contribution in [2.75, 3.05) is 0 Å². The number of hydrogen-bond acceptors (Lipinski definition) is 0. The van der Waals surface area contributed by atoms with E-state index in [-0.39, 0.29) is 0 Å². The zero-order valence-corrected chi connectivity index (χ0v) is 12.1. The van der Waals surface area contributed by atoms with Crippen molar-refractivity contribution in [2.24, 2.45) is 0 Å². The Morgan fingerprint density at radius 1 is 0.700 bits per heavy atom. The molecule has 0 saturated carbocycles. The largest absolute Gasteiger partial charge is 0.0843 e. The van der Waals surface area contributed by atoms with E-state index in [0.717, 1.165) is 32.3 Å². The van der Waals surface area contributed by atoms with Gasteiger partial charge in [-0.1, -0.05) is 71.7 Å². The predicted octanol–water partition coefficient (Wildman–Crippen LogP) is 6.13. The Morgan fingerprint density at radius 2 is 1.40 bits per heavy atom. The summed E-state index contributed by atoms with van der Waals surface area (Å²) in [7, 11) is 0. The lowest BCUT2D eigenvalue weighted by atomic mass is 9.95. The van der Waals surface area contributed by atoms with E-state index in [9.17, 15) is 0 Å². The smallest absolute Gasteiger partial charge is 0.0484 e. The summed E-state index contributed by atoms with van der Waals surface area (Å²) < 4.78 is 0. The fraction of sp³-hybridized carbons (Fsp3) is 0. The minimum Gasteiger partial charge on any atom is -0.0843 e. The third-order valence-corrected chi connectivity index (χ3v) is 3.73. The van der Waals surface area contributed by atoms with Crippen LogP contribution in [0.5, 0.6) is 0 Å². The van der Waals surface area contributed by atoms with Crippen molar-refractivity contribution in [1.29, 1.82) is 0 Å². The van der Waals surface area contributed by atoms with Gasteiger partial charge in [-0.3, -0.25) is 0 Å². The van der Waals surface area contributed by atoms with Crippen LogP contribution >= 0.6 is 23.2 Å². The van der Waals surface area contributed by atoms with E-state index in [1.54, 1.807) is 0 Å². The van der Waals surface area contributed by atoms with Gasteiger partial charge >= 0.3 is 0 Å². The second-order valence-corrected chi connectivity index (χ2v) is 5.29. The minimum atomic E-state index is 0.726. The lowest BCUT2D eigenvalue weighted by molar-refractivity contribution is 1.57. The van der Waals surface area contributed by atoms with Gasteiger partial charge in [0.2, 0.25) is 0 Å². The number of rotatable bonds is 2. The van der Waals surface area contributed by atoms with E-state index in [1.165, 1.54) is 0 Å². The molecule has 20 heavy (non-hydrogen) atoms. The zero-order chi connectivity index (χ0) is 13.9. The summed E-state index contributed by atoms with van der Waals surface area (Å²) in [6.45, 7) is 0. The van der Waals surface area contributed by atoms with Crippen LogP contribution in [0.4, 0.5) is 0 Å². The van der Waals surface area contributed by atoms with Gasteiger partial charge in [0, 0.05) is 15.6 Å². The maximum absolute atomic E-state index is 6.31. The molecule has 0 heterocycles. The normalized spacial score (nSPS) is 10.5.